The van der Waals surface area contributed by atoms with Gasteiger partial charge < -0.3 is 9.80 Å². The van der Waals surface area contributed by atoms with Gasteiger partial charge in [0.2, 0.25) is 5.95 Å². The third-order valence-corrected chi connectivity index (χ3v) is 4.49. The SMILES string of the molecule is O=C(c1ccnc(F)c1F)N1CCC(N2CCCC2)CC1. The lowest BCUT2D eigenvalue weighted by molar-refractivity contribution is 0.0638. The summed E-state index contributed by atoms with van der Waals surface area (Å²) in [7, 11) is 0. The van der Waals surface area contributed by atoms with Crippen LogP contribution in [0.2, 0.25) is 0 Å². The van der Waals surface area contributed by atoms with Crippen LogP contribution in [0.1, 0.15) is 36.0 Å². The van der Waals surface area contributed by atoms with E-state index in [-0.39, 0.29) is 5.56 Å². The molecule has 2 fully saturated rings. The molecule has 1 aromatic rings. The van der Waals surface area contributed by atoms with Gasteiger partial charge in [0, 0.05) is 25.3 Å². The molecule has 1 aromatic heterocycles. The van der Waals surface area contributed by atoms with Crippen molar-refractivity contribution in [2.45, 2.75) is 31.7 Å². The first-order chi connectivity index (χ1) is 10.2. The molecule has 1 amide bonds. The largest absolute Gasteiger partial charge is 0.338 e. The van der Waals surface area contributed by atoms with Crippen LogP contribution in [-0.4, -0.2) is 52.9 Å². The lowest BCUT2D eigenvalue weighted by Crippen LogP contribution is -2.46. The van der Waals surface area contributed by atoms with E-state index in [9.17, 15) is 13.6 Å². The predicted molar refractivity (Wildman–Crippen MR) is 73.9 cm³/mol. The Balaban J connectivity index is 1.63. The van der Waals surface area contributed by atoms with Gasteiger partial charge in [-0.15, -0.1) is 0 Å². The van der Waals surface area contributed by atoms with Crippen molar-refractivity contribution >= 4 is 5.91 Å². The third-order valence-electron chi connectivity index (χ3n) is 4.49. The molecule has 0 atom stereocenters. The minimum absolute atomic E-state index is 0.220. The Labute approximate surface area is 122 Å². The Morgan fingerprint density at radius 3 is 2.48 bits per heavy atom. The number of piperidine rings is 1. The number of amides is 1. The van der Waals surface area contributed by atoms with E-state index in [1.807, 2.05) is 0 Å². The van der Waals surface area contributed by atoms with Gasteiger partial charge in [-0.25, -0.2) is 9.37 Å². The van der Waals surface area contributed by atoms with Gasteiger partial charge in [0.25, 0.3) is 5.91 Å². The lowest BCUT2D eigenvalue weighted by atomic mass is 10.0. The predicted octanol–water partition coefficient (Wildman–Crippen LogP) is 2.06. The summed E-state index contributed by atoms with van der Waals surface area (Å²) in [5.74, 6) is -2.80. The average molecular weight is 295 g/mol. The molecule has 0 radical (unpaired) electrons. The zero-order chi connectivity index (χ0) is 14.8. The molecule has 0 bridgehead atoms. The van der Waals surface area contributed by atoms with Crippen LogP contribution in [0.3, 0.4) is 0 Å². The Morgan fingerprint density at radius 2 is 1.81 bits per heavy atom. The van der Waals surface area contributed by atoms with Gasteiger partial charge in [-0.3, -0.25) is 4.79 Å². The van der Waals surface area contributed by atoms with Gasteiger partial charge in [0.05, 0.1) is 5.56 Å². The van der Waals surface area contributed by atoms with E-state index >= 15 is 0 Å². The second kappa shape index (κ2) is 6.05. The molecular formula is C15H19F2N3O. The van der Waals surface area contributed by atoms with Gasteiger partial charge in [-0.2, -0.15) is 4.39 Å². The zero-order valence-electron chi connectivity index (χ0n) is 11.9. The number of halogens is 2. The van der Waals surface area contributed by atoms with Crippen molar-refractivity contribution in [3.8, 4) is 0 Å². The Bertz CT molecular complexity index is 524. The molecule has 3 rings (SSSR count). The summed E-state index contributed by atoms with van der Waals surface area (Å²) in [4.78, 5) is 19.6. The highest BCUT2D eigenvalue weighted by Gasteiger charge is 2.30. The quantitative estimate of drug-likeness (QED) is 0.784. The van der Waals surface area contributed by atoms with Crippen molar-refractivity contribution < 1.29 is 13.6 Å². The van der Waals surface area contributed by atoms with Gasteiger partial charge in [0.1, 0.15) is 0 Å². The first-order valence-electron chi connectivity index (χ1n) is 7.50. The molecule has 6 heteroatoms. The third kappa shape index (κ3) is 2.90. The Morgan fingerprint density at radius 1 is 1.14 bits per heavy atom. The summed E-state index contributed by atoms with van der Waals surface area (Å²) >= 11 is 0. The molecule has 4 nitrogen and oxygen atoms in total. The molecule has 2 saturated heterocycles. The summed E-state index contributed by atoms with van der Waals surface area (Å²) in [6.07, 6.45) is 5.44. The molecule has 0 saturated carbocycles. The highest BCUT2D eigenvalue weighted by atomic mass is 19.2. The molecule has 114 valence electrons. The van der Waals surface area contributed by atoms with E-state index in [0.29, 0.717) is 19.1 Å². The number of hydrogen-bond acceptors (Lipinski definition) is 3. The summed E-state index contributed by atoms with van der Waals surface area (Å²) in [5, 5.41) is 0. The monoisotopic (exact) mass is 295 g/mol. The first-order valence-corrected chi connectivity index (χ1v) is 7.50. The molecule has 0 N–H and O–H groups in total. The second-order valence-corrected chi connectivity index (χ2v) is 5.73. The number of rotatable bonds is 2. The molecule has 0 spiro atoms. The number of likely N-dealkylation sites (tertiary alicyclic amines) is 2. The molecule has 0 aromatic carbocycles. The smallest absolute Gasteiger partial charge is 0.257 e. The van der Waals surface area contributed by atoms with E-state index in [4.69, 9.17) is 0 Å². The molecule has 0 aliphatic carbocycles. The maximum absolute atomic E-state index is 13.6. The minimum Gasteiger partial charge on any atom is -0.338 e. The van der Waals surface area contributed by atoms with Gasteiger partial charge >= 0.3 is 0 Å². The first kappa shape index (κ1) is 14.4. The fraction of sp³-hybridized carbons (Fsp3) is 0.600. The van der Waals surface area contributed by atoms with E-state index < -0.39 is 17.7 Å². The molecule has 3 heterocycles. The standard InChI is InChI=1S/C15H19F2N3O/c16-13-12(3-6-18-14(13)17)15(21)20-9-4-11(5-10-20)19-7-1-2-8-19/h3,6,11H,1-2,4-5,7-10H2. The fourth-order valence-electron chi connectivity index (χ4n) is 3.29. The van der Waals surface area contributed by atoms with Crippen LogP contribution in [0.5, 0.6) is 0 Å². The number of pyridine rings is 1. The van der Waals surface area contributed by atoms with Crippen LogP contribution in [0, 0.1) is 11.8 Å². The van der Waals surface area contributed by atoms with Crippen molar-refractivity contribution in [3.05, 3.63) is 29.6 Å². The number of hydrogen-bond donors (Lipinski definition) is 0. The number of carbonyl (C=O) groups is 1. The van der Waals surface area contributed by atoms with Crippen LogP contribution >= 0.6 is 0 Å². The van der Waals surface area contributed by atoms with Crippen LogP contribution < -0.4 is 0 Å². The van der Waals surface area contributed by atoms with Crippen molar-refractivity contribution in [1.82, 2.24) is 14.8 Å². The van der Waals surface area contributed by atoms with Crippen LogP contribution in [0.15, 0.2) is 12.3 Å². The summed E-state index contributed by atoms with van der Waals surface area (Å²) < 4.78 is 26.7. The Hall–Kier alpha value is -1.56. The van der Waals surface area contributed by atoms with Crippen LogP contribution in [-0.2, 0) is 0 Å². The molecule has 0 unspecified atom stereocenters. The van der Waals surface area contributed by atoms with Crippen molar-refractivity contribution in [2.75, 3.05) is 26.2 Å². The number of aromatic nitrogens is 1. The van der Waals surface area contributed by atoms with E-state index in [2.05, 4.69) is 9.88 Å². The molecule has 2 aliphatic heterocycles. The topological polar surface area (TPSA) is 36.4 Å². The summed E-state index contributed by atoms with van der Waals surface area (Å²) in [6.45, 7) is 3.48. The molecular weight excluding hydrogens is 276 g/mol. The Kier molecular flexibility index (Phi) is 4.14. The summed E-state index contributed by atoms with van der Waals surface area (Å²) in [5.41, 5.74) is -0.220. The average Bonchev–Trinajstić information content (AvgIpc) is 3.04. The van der Waals surface area contributed by atoms with E-state index in [0.717, 1.165) is 32.1 Å². The van der Waals surface area contributed by atoms with Crippen molar-refractivity contribution in [1.29, 1.82) is 0 Å². The van der Waals surface area contributed by atoms with Gasteiger partial charge in [0.15, 0.2) is 5.82 Å². The maximum atomic E-state index is 13.6. The number of nitrogens with zero attached hydrogens (tertiary/aromatic N) is 3. The molecule has 2 aliphatic rings. The second-order valence-electron chi connectivity index (χ2n) is 5.73. The van der Waals surface area contributed by atoms with Gasteiger partial charge in [-0.1, -0.05) is 0 Å². The highest BCUT2D eigenvalue weighted by Crippen LogP contribution is 2.22. The minimum atomic E-state index is -1.21. The van der Waals surface area contributed by atoms with Gasteiger partial charge in [-0.05, 0) is 44.8 Å². The maximum Gasteiger partial charge on any atom is 0.257 e. The zero-order valence-corrected chi connectivity index (χ0v) is 11.9. The molecule has 21 heavy (non-hydrogen) atoms. The fourth-order valence-corrected chi connectivity index (χ4v) is 3.29. The van der Waals surface area contributed by atoms with Crippen LogP contribution in [0.25, 0.3) is 0 Å². The van der Waals surface area contributed by atoms with E-state index in [1.54, 1.807) is 4.90 Å². The lowest BCUT2D eigenvalue weighted by Gasteiger charge is -2.36. The number of carbonyl (C=O) groups excluding carboxylic acids is 1. The van der Waals surface area contributed by atoms with Crippen molar-refractivity contribution in [3.63, 3.8) is 0 Å². The van der Waals surface area contributed by atoms with Crippen molar-refractivity contribution in [2.24, 2.45) is 0 Å². The summed E-state index contributed by atoms with van der Waals surface area (Å²) in [6, 6.07) is 1.77. The van der Waals surface area contributed by atoms with Crippen LogP contribution in [0.4, 0.5) is 8.78 Å². The highest BCUT2D eigenvalue weighted by molar-refractivity contribution is 5.94. The van der Waals surface area contributed by atoms with E-state index in [1.165, 1.54) is 18.9 Å². The normalized spacial score (nSPS) is 21.0.